The first-order valence-corrected chi connectivity index (χ1v) is 7.04. The van der Waals surface area contributed by atoms with E-state index in [4.69, 9.17) is 17.3 Å². The molecular formula is C15H21ClFN. The summed E-state index contributed by atoms with van der Waals surface area (Å²) in [5.41, 5.74) is 7.52. The van der Waals surface area contributed by atoms with Gasteiger partial charge < -0.3 is 5.73 Å². The molecule has 2 rings (SSSR count). The molecule has 1 atom stereocenters. The summed E-state index contributed by atoms with van der Waals surface area (Å²) >= 11 is 5.90. The fourth-order valence-corrected chi connectivity index (χ4v) is 3.15. The fraction of sp³-hybridized carbons (Fsp3) is 0.600. The molecule has 100 valence electrons. The van der Waals surface area contributed by atoms with Crippen molar-refractivity contribution in [1.82, 2.24) is 0 Å². The molecule has 1 nitrogen and oxygen atoms in total. The molecule has 2 N–H and O–H groups in total. The Hall–Kier alpha value is -0.600. The van der Waals surface area contributed by atoms with Crippen LogP contribution in [-0.4, -0.2) is 6.04 Å². The van der Waals surface area contributed by atoms with E-state index >= 15 is 0 Å². The smallest absolute Gasteiger partial charge is 0.141 e. The van der Waals surface area contributed by atoms with Crippen molar-refractivity contribution in [1.29, 1.82) is 0 Å². The Labute approximate surface area is 114 Å². The van der Waals surface area contributed by atoms with Gasteiger partial charge in [0.2, 0.25) is 0 Å². The zero-order chi connectivity index (χ0) is 13.3. The first-order chi connectivity index (χ1) is 8.45. The van der Waals surface area contributed by atoms with E-state index in [-0.39, 0.29) is 22.3 Å². The largest absolute Gasteiger partial charge is 0.327 e. The molecule has 1 aromatic carbocycles. The maximum absolute atomic E-state index is 13.3. The van der Waals surface area contributed by atoms with Gasteiger partial charge in [-0.3, -0.25) is 0 Å². The van der Waals surface area contributed by atoms with Crippen LogP contribution in [0.5, 0.6) is 0 Å². The van der Waals surface area contributed by atoms with Crippen molar-refractivity contribution < 1.29 is 4.39 Å². The molecule has 0 heterocycles. The van der Waals surface area contributed by atoms with Crippen LogP contribution in [0, 0.1) is 11.7 Å². The highest BCUT2D eigenvalue weighted by molar-refractivity contribution is 6.30. The molecular weight excluding hydrogens is 249 g/mol. The van der Waals surface area contributed by atoms with Crippen LogP contribution in [0.2, 0.25) is 5.02 Å². The Bertz CT molecular complexity index is 427. The summed E-state index contributed by atoms with van der Waals surface area (Å²) in [4.78, 5) is 0. The molecule has 18 heavy (non-hydrogen) atoms. The molecule has 1 saturated carbocycles. The lowest BCUT2D eigenvalue weighted by Crippen LogP contribution is -2.50. The van der Waals surface area contributed by atoms with Gasteiger partial charge in [0.05, 0.1) is 5.02 Å². The van der Waals surface area contributed by atoms with Crippen molar-refractivity contribution in [3.05, 3.63) is 34.6 Å². The van der Waals surface area contributed by atoms with Gasteiger partial charge in [0.15, 0.2) is 0 Å². The minimum Gasteiger partial charge on any atom is -0.327 e. The van der Waals surface area contributed by atoms with Gasteiger partial charge in [-0.1, -0.05) is 37.9 Å². The van der Waals surface area contributed by atoms with Crippen molar-refractivity contribution in [2.45, 2.75) is 51.0 Å². The average molecular weight is 270 g/mol. The molecule has 0 radical (unpaired) electrons. The molecule has 1 unspecified atom stereocenters. The van der Waals surface area contributed by atoms with E-state index in [0.29, 0.717) is 5.92 Å². The summed E-state index contributed by atoms with van der Waals surface area (Å²) in [7, 11) is 0. The van der Waals surface area contributed by atoms with E-state index in [1.165, 1.54) is 12.5 Å². The molecule has 1 aromatic rings. The van der Waals surface area contributed by atoms with Crippen LogP contribution in [0.15, 0.2) is 18.2 Å². The van der Waals surface area contributed by atoms with Gasteiger partial charge >= 0.3 is 0 Å². The zero-order valence-electron chi connectivity index (χ0n) is 11.0. The van der Waals surface area contributed by atoms with Gasteiger partial charge in [-0.2, -0.15) is 0 Å². The summed E-state index contributed by atoms with van der Waals surface area (Å²) in [5, 5.41) is 0.204. The molecule has 0 spiro atoms. The first kappa shape index (κ1) is 13.8. The van der Waals surface area contributed by atoms with Crippen LogP contribution in [-0.2, 0) is 5.41 Å². The van der Waals surface area contributed by atoms with E-state index in [1.807, 2.05) is 6.07 Å². The van der Waals surface area contributed by atoms with Crippen LogP contribution < -0.4 is 5.73 Å². The summed E-state index contributed by atoms with van der Waals surface area (Å²) < 4.78 is 13.3. The molecule has 0 amide bonds. The van der Waals surface area contributed by atoms with Crippen LogP contribution in [0.3, 0.4) is 0 Å². The summed E-state index contributed by atoms with van der Waals surface area (Å²) in [5.74, 6) is 0.223. The Morgan fingerprint density at radius 3 is 2.50 bits per heavy atom. The lowest BCUT2D eigenvalue weighted by molar-refractivity contribution is 0.178. The van der Waals surface area contributed by atoms with E-state index in [9.17, 15) is 4.39 Å². The standard InChI is InChI=1S/C15H21ClFN/c1-10(2)8-14(18)15(6-3-7-15)11-4-5-13(17)12(16)9-11/h4-5,9-10,14H,3,6-8,18H2,1-2H3. The Morgan fingerprint density at radius 1 is 1.39 bits per heavy atom. The molecule has 1 aliphatic carbocycles. The van der Waals surface area contributed by atoms with Crippen LogP contribution in [0.4, 0.5) is 4.39 Å². The quantitative estimate of drug-likeness (QED) is 0.868. The molecule has 1 fully saturated rings. The summed E-state index contributed by atoms with van der Waals surface area (Å²) in [6.45, 7) is 4.37. The number of rotatable bonds is 4. The maximum atomic E-state index is 13.3. The second-order valence-corrected chi connectivity index (χ2v) is 6.28. The number of hydrogen-bond donors (Lipinski definition) is 1. The third-order valence-corrected chi connectivity index (χ3v) is 4.47. The first-order valence-electron chi connectivity index (χ1n) is 6.67. The van der Waals surface area contributed by atoms with Crippen LogP contribution in [0.25, 0.3) is 0 Å². The van der Waals surface area contributed by atoms with Crippen molar-refractivity contribution in [3.63, 3.8) is 0 Å². The van der Waals surface area contributed by atoms with E-state index in [1.54, 1.807) is 6.07 Å². The van der Waals surface area contributed by atoms with E-state index in [0.717, 1.165) is 24.8 Å². The van der Waals surface area contributed by atoms with Crippen LogP contribution >= 0.6 is 11.6 Å². The predicted octanol–water partition coefficient (Wildman–Crippen LogP) is 4.27. The second-order valence-electron chi connectivity index (χ2n) is 5.87. The number of benzene rings is 1. The lowest BCUT2D eigenvalue weighted by Gasteiger charge is -2.47. The summed E-state index contributed by atoms with van der Waals surface area (Å²) in [6, 6.07) is 5.20. The second kappa shape index (κ2) is 5.18. The van der Waals surface area contributed by atoms with Crippen LogP contribution in [0.1, 0.15) is 45.1 Å². The number of hydrogen-bond acceptors (Lipinski definition) is 1. The van der Waals surface area contributed by atoms with E-state index in [2.05, 4.69) is 13.8 Å². The molecule has 0 saturated heterocycles. The maximum Gasteiger partial charge on any atom is 0.141 e. The van der Waals surface area contributed by atoms with Gasteiger partial charge in [-0.25, -0.2) is 4.39 Å². The fourth-order valence-electron chi connectivity index (χ4n) is 2.97. The van der Waals surface area contributed by atoms with Crippen molar-refractivity contribution in [3.8, 4) is 0 Å². The van der Waals surface area contributed by atoms with E-state index < -0.39 is 0 Å². The Balaban J connectivity index is 2.28. The number of nitrogens with two attached hydrogens (primary N) is 1. The SMILES string of the molecule is CC(C)CC(N)C1(c2ccc(F)c(Cl)c2)CCC1. The minimum atomic E-state index is -0.354. The predicted molar refractivity (Wildman–Crippen MR) is 74.4 cm³/mol. The molecule has 0 aromatic heterocycles. The monoisotopic (exact) mass is 269 g/mol. The molecule has 1 aliphatic rings. The molecule has 0 aliphatic heterocycles. The third-order valence-electron chi connectivity index (χ3n) is 4.18. The molecule has 3 heteroatoms. The Morgan fingerprint density at radius 2 is 2.06 bits per heavy atom. The van der Waals surface area contributed by atoms with Gasteiger partial charge in [0.25, 0.3) is 0 Å². The minimum absolute atomic E-state index is 0.0155. The van der Waals surface area contributed by atoms with Crippen molar-refractivity contribution in [2.24, 2.45) is 11.7 Å². The summed E-state index contributed by atoms with van der Waals surface area (Å²) in [6.07, 6.45) is 4.36. The normalized spacial score (nSPS) is 19.7. The van der Waals surface area contributed by atoms with Gasteiger partial charge in [-0.15, -0.1) is 0 Å². The third kappa shape index (κ3) is 2.41. The van der Waals surface area contributed by atoms with Gasteiger partial charge in [-0.05, 0) is 42.9 Å². The molecule has 0 bridgehead atoms. The number of halogens is 2. The highest BCUT2D eigenvalue weighted by atomic mass is 35.5. The zero-order valence-corrected chi connectivity index (χ0v) is 11.8. The van der Waals surface area contributed by atoms with Crippen molar-refractivity contribution >= 4 is 11.6 Å². The lowest BCUT2D eigenvalue weighted by atomic mass is 9.59. The average Bonchev–Trinajstić information content (AvgIpc) is 2.20. The topological polar surface area (TPSA) is 26.0 Å². The Kier molecular flexibility index (Phi) is 3.98. The highest BCUT2D eigenvalue weighted by Crippen LogP contribution is 2.47. The highest BCUT2D eigenvalue weighted by Gasteiger charge is 2.43. The van der Waals surface area contributed by atoms with Crippen molar-refractivity contribution in [2.75, 3.05) is 0 Å². The van der Waals surface area contributed by atoms with Gasteiger partial charge in [0.1, 0.15) is 5.82 Å². The van der Waals surface area contributed by atoms with Gasteiger partial charge in [0, 0.05) is 11.5 Å².